The molecule has 2 aliphatic heterocycles. The van der Waals surface area contributed by atoms with Gasteiger partial charge in [0.1, 0.15) is 0 Å². The Labute approximate surface area is 191 Å². The molecule has 3 aromatic rings. The summed E-state index contributed by atoms with van der Waals surface area (Å²) < 4.78 is 1.97. The molecule has 1 atom stereocenters. The molecule has 0 aliphatic carbocycles. The Bertz CT molecular complexity index is 1100. The fraction of sp³-hybridized carbons (Fsp3) is 0.391. The Morgan fingerprint density at radius 3 is 2.68 bits per heavy atom. The predicted molar refractivity (Wildman–Crippen MR) is 125 cm³/mol. The number of benzene rings is 2. The van der Waals surface area contributed by atoms with Gasteiger partial charge in [-0.1, -0.05) is 29.3 Å². The van der Waals surface area contributed by atoms with Gasteiger partial charge in [-0.25, -0.2) is 0 Å². The van der Waals surface area contributed by atoms with Crippen LogP contribution < -0.4 is 10.2 Å². The Kier molecular flexibility index (Phi) is 5.78. The Balaban J connectivity index is 1.31. The van der Waals surface area contributed by atoms with Crippen molar-refractivity contribution >= 4 is 45.7 Å². The molecule has 0 bridgehead atoms. The van der Waals surface area contributed by atoms with Crippen LogP contribution in [0.5, 0.6) is 0 Å². The van der Waals surface area contributed by atoms with Gasteiger partial charge in [-0.3, -0.25) is 9.48 Å². The van der Waals surface area contributed by atoms with Crippen molar-refractivity contribution in [1.29, 1.82) is 0 Å². The summed E-state index contributed by atoms with van der Waals surface area (Å²) in [5.74, 6) is 0.255. The van der Waals surface area contributed by atoms with Gasteiger partial charge in [-0.2, -0.15) is 5.10 Å². The third-order valence-electron chi connectivity index (χ3n) is 6.28. The maximum atomic E-state index is 12.7. The van der Waals surface area contributed by atoms with Crippen LogP contribution in [0.2, 0.25) is 10.0 Å². The SMILES string of the molecule is O=C(C1CCCN1)N1CCN(c2ccc3cnn(Cc4ccc(Cl)cc4Cl)c3c2)CC1. The smallest absolute Gasteiger partial charge is 0.239 e. The summed E-state index contributed by atoms with van der Waals surface area (Å²) >= 11 is 12.4. The van der Waals surface area contributed by atoms with Crippen molar-refractivity contribution in [2.45, 2.75) is 25.4 Å². The van der Waals surface area contributed by atoms with E-state index in [9.17, 15) is 4.79 Å². The van der Waals surface area contributed by atoms with E-state index in [4.69, 9.17) is 23.2 Å². The minimum Gasteiger partial charge on any atom is -0.368 e. The lowest BCUT2D eigenvalue weighted by Gasteiger charge is -2.37. The van der Waals surface area contributed by atoms with E-state index < -0.39 is 0 Å². The van der Waals surface area contributed by atoms with Crippen LogP contribution in [0.1, 0.15) is 18.4 Å². The second-order valence-corrected chi connectivity index (χ2v) is 9.09. The highest BCUT2D eigenvalue weighted by Gasteiger charge is 2.29. The zero-order valence-electron chi connectivity index (χ0n) is 17.2. The van der Waals surface area contributed by atoms with Crippen molar-refractivity contribution in [3.05, 3.63) is 58.2 Å². The van der Waals surface area contributed by atoms with Crippen molar-refractivity contribution in [3.8, 4) is 0 Å². The fourth-order valence-electron chi connectivity index (χ4n) is 4.49. The third-order valence-corrected chi connectivity index (χ3v) is 6.87. The van der Waals surface area contributed by atoms with Gasteiger partial charge in [0.15, 0.2) is 0 Å². The van der Waals surface area contributed by atoms with E-state index in [0.29, 0.717) is 16.6 Å². The van der Waals surface area contributed by atoms with Crippen LogP contribution in [-0.4, -0.2) is 59.4 Å². The van der Waals surface area contributed by atoms with Crippen molar-refractivity contribution in [2.75, 3.05) is 37.6 Å². The number of carbonyl (C=O) groups excluding carboxylic acids is 1. The molecule has 5 rings (SSSR count). The largest absolute Gasteiger partial charge is 0.368 e. The molecule has 2 aromatic carbocycles. The number of fused-ring (bicyclic) bond motifs is 1. The molecule has 162 valence electrons. The number of anilines is 1. The van der Waals surface area contributed by atoms with E-state index in [1.165, 1.54) is 0 Å². The first-order valence-corrected chi connectivity index (χ1v) is 11.5. The Morgan fingerprint density at radius 2 is 1.94 bits per heavy atom. The number of amides is 1. The van der Waals surface area contributed by atoms with Gasteiger partial charge in [-0.15, -0.1) is 0 Å². The van der Waals surface area contributed by atoms with E-state index in [1.807, 2.05) is 27.9 Å². The van der Waals surface area contributed by atoms with E-state index in [1.54, 1.807) is 6.07 Å². The number of nitrogens with zero attached hydrogens (tertiary/aromatic N) is 4. The Morgan fingerprint density at radius 1 is 1.10 bits per heavy atom. The van der Waals surface area contributed by atoms with Crippen LogP contribution in [0.25, 0.3) is 10.9 Å². The number of hydrogen-bond donors (Lipinski definition) is 1. The number of aromatic nitrogens is 2. The van der Waals surface area contributed by atoms with E-state index >= 15 is 0 Å². The van der Waals surface area contributed by atoms with E-state index in [2.05, 4.69) is 33.5 Å². The highest BCUT2D eigenvalue weighted by Crippen LogP contribution is 2.26. The second kappa shape index (κ2) is 8.69. The molecule has 1 N–H and O–H groups in total. The maximum absolute atomic E-state index is 12.7. The summed E-state index contributed by atoms with van der Waals surface area (Å²) in [5.41, 5.74) is 3.20. The minimum atomic E-state index is 0.0111. The highest BCUT2D eigenvalue weighted by molar-refractivity contribution is 6.35. The third kappa shape index (κ3) is 4.25. The summed E-state index contributed by atoms with van der Waals surface area (Å²) in [6, 6.07) is 12.0. The van der Waals surface area contributed by atoms with Crippen LogP contribution in [0, 0.1) is 0 Å². The van der Waals surface area contributed by atoms with Crippen molar-refractivity contribution in [2.24, 2.45) is 0 Å². The monoisotopic (exact) mass is 457 g/mol. The van der Waals surface area contributed by atoms with Crippen LogP contribution in [0.4, 0.5) is 5.69 Å². The molecule has 6 nitrogen and oxygen atoms in total. The van der Waals surface area contributed by atoms with Crippen LogP contribution in [0.3, 0.4) is 0 Å². The molecule has 2 aliphatic rings. The molecule has 0 radical (unpaired) electrons. The van der Waals surface area contributed by atoms with Gasteiger partial charge >= 0.3 is 0 Å². The average molecular weight is 458 g/mol. The summed E-state index contributed by atoms with van der Waals surface area (Å²) in [7, 11) is 0. The number of nitrogens with one attached hydrogen (secondary N) is 1. The second-order valence-electron chi connectivity index (χ2n) is 8.24. The molecule has 2 saturated heterocycles. The fourth-order valence-corrected chi connectivity index (χ4v) is 4.96. The van der Waals surface area contributed by atoms with Crippen LogP contribution in [0.15, 0.2) is 42.6 Å². The zero-order chi connectivity index (χ0) is 21.4. The first kappa shape index (κ1) is 20.6. The van der Waals surface area contributed by atoms with Gasteiger partial charge < -0.3 is 15.1 Å². The quantitative estimate of drug-likeness (QED) is 0.647. The lowest BCUT2D eigenvalue weighted by atomic mass is 10.1. The molecule has 8 heteroatoms. The summed E-state index contributed by atoms with van der Waals surface area (Å²) in [4.78, 5) is 17.0. The van der Waals surface area contributed by atoms with Crippen molar-refractivity contribution < 1.29 is 4.79 Å². The summed E-state index contributed by atoms with van der Waals surface area (Å²) in [6.07, 6.45) is 3.93. The van der Waals surface area contributed by atoms with Crippen LogP contribution in [-0.2, 0) is 11.3 Å². The molecule has 31 heavy (non-hydrogen) atoms. The molecule has 1 amide bonds. The normalized spacial score (nSPS) is 19.4. The van der Waals surface area contributed by atoms with Gasteiger partial charge in [0.2, 0.25) is 5.91 Å². The van der Waals surface area contributed by atoms with Gasteiger partial charge in [0, 0.05) is 47.3 Å². The number of halogens is 2. The van der Waals surface area contributed by atoms with Crippen molar-refractivity contribution in [1.82, 2.24) is 20.0 Å². The predicted octanol–water partition coefficient (Wildman–Crippen LogP) is 3.79. The summed E-state index contributed by atoms with van der Waals surface area (Å²) in [6.45, 7) is 4.72. The first-order chi connectivity index (χ1) is 15.1. The number of carbonyl (C=O) groups is 1. The summed E-state index contributed by atoms with van der Waals surface area (Å²) in [5, 5.41) is 10.2. The lowest BCUT2D eigenvalue weighted by Crippen LogP contribution is -2.53. The number of rotatable bonds is 4. The molecule has 0 spiro atoms. The highest BCUT2D eigenvalue weighted by atomic mass is 35.5. The molecular formula is C23H25Cl2N5O. The molecule has 1 unspecified atom stereocenters. The standard InChI is InChI=1S/C23H25Cl2N5O/c24-18-5-3-17(20(25)12-18)15-30-22-13-19(6-4-16(22)14-27-30)28-8-10-29(11-9-28)23(31)21-2-1-7-26-21/h3-6,12-14,21,26H,1-2,7-11,15H2. The van der Waals surface area contributed by atoms with E-state index in [0.717, 1.165) is 67.7 Å². The molecule has 3 heterocycles. The van der Waals surface area contributed by atoms with Gasteiger partial charge in [0.25, 0.3) is 0 Å². The van der Waals surface area contributed by atoms with Gasteiger partial charge in [0.05, 0.1) is 24.3 Å². The maximum Gasteiger partial charge on any atom is 0.239 e. The zero-order valence-corrected chi connectivity index (χ0v) is 18.7. The van der Waals surface area contributed by atoms with Crippen LogP contribution >= 0.6 is 23.2 Å². The average Bonchev–Trinajstić information content (AvgIpc) is 3.45. The lowest BCUT2D eigenvalue weighted by molar-refractivity contribution is -0.133. The number of hydrogen-bond acceptors (Lipinski definition) is 4. The topological polar surface area (TPSA) is 53.4 Å². The molecular weight excluding hydrogens is 433 g/mol. The van der Waals surface area contributed by atoms with Gasteiger partial charge in [-0.05, 0) is 55.3 Å². The van der Waals surface area contributed by atoms with Crippen molar-refractivity contribution in [3.63, 3.8) is 0 Å². The first-order valence-electron chi connectivity index (χ1n) is 10.7. The molecule has 0 saturated carbocycles. The Hall–Kier alpha value is -2.28. The number of piperazine rings is 1. The minimum absolute atomic E-state index is 0.0111. The van der Waals surface area contributed by atoms with E-state index in [-0.39, 0.29) is 11.9 Å². The molecule has 1 aromatic heterocycles. The molecule has 2 fully saturated rings.